The number of nitrogens with one attached hydrogen (secondary N) is 2. The van der Waals surface area contributed by atoms with Crippen LogP contribution >= 0.6 is 23.4 Å². The van der Waals surface area contributed by atoms with E-state index in [1.165, 1.54) is 22.3 Å². The molecule has 0 radical (unpaired) electrons. The van der Waals surface area contributed by atoms with E-state index in [-0.39, 0.29) is 22.8 Å². The number of hydrogen-bond acceptors (Lipinski definition) is 4. The van der Waals surface area contributed by atoms with Gasteiger partial charge in [-0.2, -0.15) is 5.10 Å². The molecule has 0 heterocycles. The van der Waals surface area contributed by atoms with Crippen LogP contribution in [0.2, 0.25) is 5.02 Å². The Bertz CT molecular complexity index is 1470. The number of amides is 2. The molecule has 0 aliphatic heterocycles. The third kappa shape index (κ3) is 5.61. The van der Waals surface area contributed by atoms with Crippen molar-refractivity contribution in [2.75, 3.05) is 11.1 Å². The maximum absolute atomic E-state index is 12.6. The van der Waals surface area contributed by atoms with Crippen molar-refractivity contribution in [3.63, 3.8) is 0 Å². The van der Waals surface area contributed by atoms with Crippen molar-refractivity contribution in [1.29, 1.82) is 0 Å². The molecule has 0 bridgehead atoms. The number of benzene rings is 4. The highest BCUT2D eigenvalue weighted by Gasteiger charge is 2.28. The number of thioether (sulfide) groups is 1. The molecule has 0 unspecified atom stereocenters. The molecule has 4 aromatic rings. The van der Waals surface area contributed by atoms with Crippen molar-refractivity contribution in [2.24, 2.45) is 5.10 Å². The molecule has 0 saturated heterocycles. The molecule has 2 amide bonds. The minimum Gasteiger partial charge on any atom is -0.322 e. The Balaban J connectivity index is 1.21. The topological polar surface area (TPSA) is 70.6 Å². The first-order valence-corrected chi connectivity index (χ1v) is 13.2. The van der Waals surface area contributed by atoms with Gasteiger partial charge in [-0.25, -0.2) is 5.43 Å². The molecule has 1 aliphatic carbocycles. The summed E-state index contributed by atoms with van der Waals surface area (Å²) >= 11 is 7.59. The molecule has 1 aliphatic rings. The highest BCUT2D eigenvalue weighted by molar-refractivity contribution is 8.00. The van der Waals surface area contributed by atoms with Crippen LogP contribution in [0.15, 0.2) is 102 Å². The van der Waals surface area contributed by atoms with Gasteiger partial charge in [0.2, 0.25) is 5.91 Å². The van der Waals surface area contributed by atoms with Crippen molar-refractivity contribution in [2.45, 2.75) is 12.2 Å². The summed E-state index contributed by atoms with van der Waals surface area (Å²) in [7, 11) is 0. The normalized spacial score (nSPS) is 12.5. The van der Waals surface area contributed by atoms with E-state index < -0.39 is 0 Å². The Morgan fingerprint density at radius 2 is 1.49 bits per heavy atom. The van der Waals surface area contributed by atoms with Crippen molar-refractivity contribution >= 4 is 46.6 Å². The number of carbonyl (C=O) groups is 2. The second-order valence-electron chi connectivity index (χ2n) is 8.64. The largest absolute Gasteiger partial charge is 0.322 e. The van der Waals surface area contributed by atoms with E-state index in [9.17, 15) is 9.59 Å². The van der Waals surface area contributed by atoms with Crippen LogP contribution in [0.3, 0.4) is 0 Å². The Morgan fingerprint density at radius 3 is 2.19 bits per heavy atom. The second-order valence-corrected chi connectivity index (χ2v) is 10.2. The third-order valence-electron chi connectivity index (χ3n) is 6.13. The summed E-state index contributed by atoms with van der Waals surface area (Å²) in [6.07, 6.45) is 0. The van der Waals surface area contributed by atoms with Gasteiger partial charge in [0, 0.05) is 16.3 Å². The van der Waals surface area contributed by atoms with Crippen LogP contribution in [-0.4, -0.2) is 23.3 Å². The van der Waals surface area contributed by atoms with Gasteiger partial charge in [0.25, 0.3) is 5.91 Å². The predicted molar refractivity (Wildman–Crippen MR) is 152 cm³/mol. The number of hydrogen-bond donors (Lipinski definition) is 2. The minimum absolute atomic E-state index is 0.114. The number of hydrazone groups is 1. The van der Waals surface area contributed by atoms with Gasteiger partial charge in [-0.1, -0.05) is 78.3 Å². The van der Waals surface area contributed by atoms with E-state index in [1.807, 2.05) is 49.4 Å². The van der Waals surface area contributed by atoms with Gasteiger partial charge in [-0.05, 0) is 65.1 Å². The van der Waals surface area contributed by atoms with Crippen molar-refractivity contribution in [1.82, 2.24) is 5.43 Å². The summed E-state index contributed by atoms with van der Waals surface area (Å²) < 4.78 is 0. The fraction of sp³-hybridized carbons (Fsp3) is 0.100. The van der Waals surface area contributed by atoms with Crippen molar-refractivity contribution in [3.8, 4) is 11.1 Å². The van der Waals surface area contributed by atoms with E-state index in [4.69, 9.17) is 11.6 Å². The lowest BCUT2D eigenvalue weighted by molar-refractivity contribution is -0.118. The number of carbonyl (C=O) groups excluding carboxylic acids is 2. The molecule has 0 spiro atoms. The smallest absolute Gasteiger partial charge is 0.255 e. The SMILES string of the molecule is C/C(=N/NC(=O)CSC1c2ccccc2-c2ccccc21)c1cccc(NC(=O)c2cccc(Cl)c2)c1. The van der Waals surface area contributed by atoms with Gasteiger partial charge in [0.15, 0.2) is 0 Å². The summed E-state index contributed by atoms with van der Waals surface area (Å²) in [5, 5.41) is 7.78. The molecular weight excluding hydrogens is 502 g/mol. The highest BCUT2D eigenvalue weighted by atomic mass is 35.5. The average Bonchev–Trinajstić information content (AvgIpc) is 3.24. The van der Waals surface area contributed by atoms with E-state index in [2.05, 4.69) is 40.1 Å². The molecule has 37 heavy (non-hydrogen) atoms. The molecule has 0 fully saturated rings. The molecular formula is C30H24ClN3O2S. The van der Waals surface area contributed by atoms with Gasteiger partial charge < -0.3 is 5.32 Å². The van der Waals surface area contributed by atoms with Gasteiger partial charge in [0.05, 0.1) is 16.7 Å². The van der Waals surface area contributed by atoms with Crippen LogP contribution < -0.4 is 10.7 Å². The molecule has 7 heteroatoms. The van der Waals surface area contributed by atoms with E-state index in [1.54, 1.807) is 42.1 Å². The first kappa shape index (κ1) is 24.8. The zero-order chi connectivity index (χ0) is 25.8. The molecule has 2 N–H and O–H groups in total. The monoisotopic (exact) mass is 525 g/mol. The summed E-state index contributed by atoms with van der Waals surface area (Å²) in [6, 6.07) is 30.8. The predicted octanol–water partition coefficient (Wildman–Crippen LogP) is 6.94. The van der Waals surface area contributed by atoms with E-state index in [0.29, 0.717) is 22.0 Å². The van der Waals surface area contributed by atoms with E-state index >= 15 is 0 Å². The summed E-state index contributed by atoms with van der Waals surface area (Å²) in [4.78, 5) is 25.2. The molecule has 5 rings (SSSR count). The molecule has 184 valence electrons. The summed E-state index contributed by atoms with van der Waals surface area (Å²) in [5.41, 5.74) is 10.1. The first-order chi connectivity index (χ1) is 18.0. The Labute approximate surface area is 225 Å². The molecule has 0 atom stereocenters. The average molecular weight is 526 g/mol. The van der Waals surface area contributed by atoms with Gasteiger partial charge in [-0.15, -0.1) is 11.8 Å². The lowest BCUT2D eigenvalue weighted by Crippen LogP contribution is -2.21. The Kier molecular flexibility index (Phi) is 7.40. The van der Waals surface area contributed by atoms with Crippen molar-refractivity contribution in [3.05, 3.63) is 124 Å². The van der Waals surface area contributed by atoms with Crippen LogP contribution in [0.1, 0.15) is 39.2 Å². The van der Waals surface area contributed by atoms with Crippen LogP contribution in [0.4, 0.5) is 5.69 Å². The van der Waals surface area contributed by atoms with Crippen LogP contribution in [0, 0.1) is 0 Å². The van der Waals surface area contributed by atoms with Gasteiger partial charge in [0.1, 0.15) is 0 Å². The highest BCUT2D eigenvalue weighted by Crippen LogP contribution is 2.49. The van der Waals surface area contributed by atoms with E-state index in [0.717, 1.165) is 5.56 Å². The number of anilines is 1. The first-order valence-electron chi connectivity index (χ1n) is 11.8. The zero-order valence-electron chi connectivity index (χ0n) is 20.1. The second kappa shape index (κ2) is 11.0. The molecule has 0 saturated carbocycles. The Morgan fingerprint density at radius 1 is 0.838 bits per heavy atom. The summed E-state index contributed by atoms with van der Waals surface area (Å²) in [6.45, 7) is 1.81. The van der Waals surface area contributed by atoms with Crippen molar-refractivity contribution < 1.29 is 9.59 Å². The van der Waals surface area contributed by atoms with Gasteiger partial charge in [-0.3, -0.25) is 9.59 Å². The summed E-state index contributed by atoms with van der Waals surface area (Å²) in [5.74, 6) is -0.147. The fourth-order valence-electron chi connectivity index (χ4n) is 4.35. The number of fused-ring (bicyclic) bond motifs is 3. The Hall–Kier alpha value is -3.87. The lowest BCUT2D eigenvalue weighted by Gasteiger charge is -2.12. The molecule has 4 aromatic carbocycles. The van der Waals surface area contributed by atoms with Crippen LogP contribution in [0.5, 0.6) is 0 Å². The number of halogens is 1. The maximum atomic E-state index is 12.6. The van der Waals surface area contributed by atoms with Crippen LogP contribution in [-0.2, 0) is 4.79 Å². The lowest BCUT2D eigenvalue weighted by atomic mass is 10.1. The molecule has 5 nitrogen and oxygen atoms in total. The maximum Gasteiger partial charge on any atom is 0.255 e. The molecule has 0 aromatic heterocycles. The zero-order valence-corrected chi connectivity index (χ0v) is 21.6. The van der Waals surface area contributed by atoms with Crippen LogP contribution in [0.25, 0.3) is 11.1 Å². The minimum atomic E-state index is -0.255. The quantitative estimate of drug-likeness (QED) is 0.203. The standard InChI is InChI=1S/C30H24ClN3O2S/c1-19(20-8-7-11-23(17-20)32-30(36)21-9-6-10-22(31)16-21)33-34-28(35)18-37-29-26-14-4-2-12-24(26)25-13-3-5-15-27(25)29/h2-17,29H,18H2,1H3,(H,32,36)(H,34,35)/b33-19-. The number of nitrogens with zero attached hydrogens (tertiary/aromatic N) is 1. The number of rotatable bonds is 7. The fourth-order valence-corrected chi connectivity index (χ4v) is 5.69. The van der Waals surface area contributed by atoms with Gasteiger partial charge >= 0.3 is 0 Å². The third-order valence-corrected chi connectivity index (χ3v) is 7.64.